The van der Waals surface area contributed by atoms with Gasteiger partial charge in [-0.15, -0.1) is 0 Å². The summed E-state index contributed by atoms with van der Waals surface area (Å²) in [6, 6.07) is 17.8. The molecule has 6 nitrogen and oxygen atoms in total. The van der Waals surface area contributed by atoms with Gasteiger partial charge in [-0.05, 0) is 46.9 Å². The predicted octanol–water partition coefficient (Wildman–Crippen LogP) is 4.64. The number of carbonyl (C=O) groups is 1. The second-order valence-corrected chi connectivity index (χ2v) is 7.41. The SMILES string of the molecule is CC(CC(=O)O)c1ccc(OCc2ccc3cnn(Cc4cccnc4)c3c2)cc1. The van der Waals surface area contributed by atoms with Crippen molar-refractivity contribution in [1.29, 1.82) is 0 Å². The minimum Gasteiger partial charge on any atom is -0.489 e. The second-order valence-electron chi connectivity index (χ2n) is 7.41. The van der Waals surface area contributed by atoms with Gasteiger partial charge in [0.1, 0.15) is 12.4 Å². The molecule has 1 atom stereocenters. The Morgan fingerprint density at radius 1 is 1.10 bits per heavy atom. The lowest BCUT2D eigenvalue weighted by molar-refractivity contribution is -0.137. The van der Waals surface area contributed by atoms with Crippen molar-refractivity contribution in [1.82, 2.24) is 14.8 Å². The van der Waals surface area contributed by atoms with E-state index in [0.29, 0.717) is 13.2 Å². The van der Waals surface area contributed by atoms with Gasteiger partial charge in [-0.2, -0.15) is 5.10 Å². The number of aliphatic carboxylic acids is 1. The van der Waals surface area contributed by atoms with E-state index >= 15 is 0 Å². The molecule has 6 heteroatoms. The van der Waals surface area contributed by atoms with Crippen LogP contribution in [0.3, 0.4) is 0 Å². The minimum atomic E-state index is -0.791. The summed E-state index contributed by atoms with van der Waals surface area (Å²) in [5, 5.41) is 14.5. The predicted molar refractivity (Wildman–Crippen MR) is 115 cm³/mol. The molecule has 0 bridgehead atoms. The highest BCUT2D eigenvalue weighted by atomic mass is 16.5. The summed E-state index contributed by atoms with van der Waals surface area (Å²) in [6.45, 7) is 3.02. The van der Waals surface area contributed by atoms with E-state index in [-0.39, 0.29) is 12.3 Å². The van der Waals surface area contributed by atoms with E-state index < -0.39 is 5.97 Å². The van der Waals surface area contributed by atoms with Gasteiger partial charge in [-0.25, -0.2) is 0 Å². The van der Waals surface area contributed by atoms with Gasteiger partial charge in [-0.3, -0.25) is 14.5 Å². The Bertz CT molecular complexity index is 1140. The summed E-state index contributed by atoms with van der Waals surface area (Å²) >= 11 is 0. The number of carboxylic acid groups (broad SMARTS) is 1. The maximum atomic E-state index is 10.9. The third-order valence-corrected chi connectivity index (χ3v) is 5.10. The van der Waals surface area contributed by atoms with Crippen molar-refractivity contribution < 1.29 is 14.6 Å². The van der Waals surface area contributed by atoms with Crippen LogP contribution < -0.4 is 4.74 Å². The fourth-order valence-electron chi connectivity index (χ4n) is 3.44. The number of hydrogen-bond acceptors (Lipinski definition) is 4. The van der Waals surface area contributed by atoms with Crippen LogP contribution in [0.4, 0.5) is 0 Å². The molecule has 0 aliphatic heterocycles. The molecule has 152 valence electrons. The second kappa shape index (κ2) is 8.78. The molecule has 0 radical (unpaired) electrons. The molecular weight excluding hydrogens is 378 g/mol. The van der Waals surface area contributed by atoms with Crippen molar-refractivity contribution in [3.8, 4) is 5.75 Å². The summed E-state index contributed by atoms with van der Waals surface area (Å²) < 4.78 is 7.90. The molecule has 0 aliphatic carbocycles. The Hall–Kier alpha value is -3.67. The van der Waals surface area contributed by atoms with Gasteiger partial charge in [0.2, 0.25) is 0 Å². The Kier molecular flexibility index (Phi) is 5.75. The topological polar surface area (TPSA) is 77.2 Å². The standard InChI is InChI=1S/C24H23N3O3/c1-17(11-24(28)29)20-6-8-22(9-7-20)30-16-18-4-5-21-14-26-27(23(21)12-18)15-19-3-2-10-25-13-19/h2-10,12-14,17H,11,15-16H2,1H3,(H,28,29). The molecule has 0 amide bonds. The van der Waals surface area contributed by atoms with E-state index in [1.807, 2.05) is 66.5 Å². The number of rotatable bonds is 8. The van der Waals surface area contributed by atoms with Crippen LogP contribution in [0.5, 0.6) is 5.75 Å². The first-order valence-electron chi connectivity index (χ1n) is 9.86. The van der Waals surface area contributed by atoms with Crippen LogP contribution in [0.1, 0.15) is 36.0 Å². The quantitative estimate of drug-likeness (QED) is 0.465. The first-order valence-corrected chi connectivity index (χ1v) is 9.86. The Morgan fingerprint density at radius 3 is 2.67 bits per heavy atom. The molecule has 1 N–H and O–H groups in total. The number of carboxylic acids is 1. The molecule has 0 spiro atoms. The van der Waals surface area contributed by atoms with E-state index in [4.69, 9.17) is 9.84 Å². The molecule has 0 saturated carbocycles. The largest absolute Gasteiger partial charge is 0.489 e. The summed E-state index contributed by atoms with van der Waals surface area (Å²) in [6.07, 6.45) is 5.60. The van der Waals surface area contributed by atoms with Crippen molar-refractivity contribution in [3.05, 3.63) is 89.9 Å². The highest BCUT2D eigenvalue weighted by Gasteiger charge is 2.10. The molecule has 0 saturated heterocycles. The highest BCUT2D eigenvalue weighted by Crippen LogP contribution is 2.23. The number of nitrogens with zero attached hydrogens (tertiary/aromatic N) is 3. The molecule has 30 heavy (non-hydrogen) atoms. The van der Waals surface area contributed by atoms with Gasteiger partial charge in [0.15, 0.2) is 0 Å². The number of ether oxygens (including phenoxy) is 1. The van der Waals surface area contributed by atoms with Crippen LogP contribution in [-0.4, -0.2) is 25.8 Å². The fourth-order valence-corrected chi connectivity index (χ4v) is 3.44. The lowest BCUT2D eigenvalue weighted by Crippen LogP contribution is -2.03. The lowest BCUT2D eigenvalue weighted by Gasteiger charge is -2.11. The molecule has 4 aromatic rings. The van der Waals surface area contributed by atoms with Crippen LogP contribution in [0, 0.1) is 0 Å². The fraction of sp³-hybridized carbons (Fsp3) is 0.208. The number of hydrogen-bond donors (Lipinski definition) is 1. The molecule has 2 aromatic heterocycles. The number of benzene rings is 2. The Morgan fingerprint density at radius 2 is 1.93 bits per heavy atom. The van der Waals surface area contributed by atoms with Crippen LogP contribution >= 0.6 is 0 Å². The van der Waals surface area contributed by atoms with Crippen molar-refractivity contribution >= 4 is 16.9 Å². The van der Waals surface area contributed by atoms with Crippen molar-refractivity contribution in [3.63, 3.8) is 0 Å². The number of fused-ring (bicyclic) bond motifs is 1. The summed E-state index contributed by atoms with van der Waals surface area (Å²) in [5.41, 5.74) is 4.20. The van der Waals surface area contributed by atoms with Crippen molar-refractivity contribution in [2.75, 3.05) is 0 Å². The molecule has 2 heterocycles. The average molecular weight is 401 g/mol. The van der Waals surface area contributed by atoms with Gasteiger partial charge < -0.3 is 9.84 Å². The Labute approximate surface area is 174 Å². The third kappa shape index (κ3) is 4.66. The van der Waals surface area contributed by atoms with E-state index in [9.17, 15) is 4.79 Å². The van der Waals surface area contributed by atoms with E-state index in [1.54, 1.807) is 6.20 Å². The highest BCUT2D eigenvalue weighted by molar-refractivity contribution is 5.79. The molecule has 0 fully saturated rings. The van der Waals surface area contributed by atoms with Crippen molar-refractivity contribution in [2.45, 2.75) is 32.4 Å². The van der Waals surface area contributed by atoms with E-state index in [0.717, 1.165) is 33.3 Å². The maximum absolute atomic E-state index is 10.9. The van der Waals surface area contributed by atoms with Crippen LogP contribution in [0.2, 0.25) is 0 Å². The van der Waals surface area contributed by atoms with Crippen LogP contribution in [0.15, 0.2) is 73.2 Å². The van der Waals surface area contributed by atoms with Gasteiger partial charge >= 0.3 is 5.97 Å². The minimum absolute atomic E-state index is 0.0286. The third-order valence-electron chi connectivity index (χ3n) is 5.10. The van der Waals surface area contributed by atoms with Crippen LogP contribution in [-0.2, 0) is 17.9 Å². The molecule has 0 aliphatic rings. The van der Waals surface area contributed by atoms with Gasteiger partial charge in [0.25, 0.3) is 0 Å². The van der Waals surface area contributed by atoms with Gasteiger partial charge in [0, 0.05) is 17.8 Å². The Balaban J connectivity index is 1.44. The summed E-state index contributed by atoms with van der Waals surface area (Å²) in [5.74, 6) is -0.0646. The molecular formula is C24H23N3O3. The smallest absolute Gasteiger partial charge is 0.303 e. The monoisotopic (exact) mass is 401 g/mol. The maximum Gasteiger partial charge on any atom is 0.303 e. The summed E-state index contributed by atoms with van der Waals surface area (Å²) in [4.78, 5) is 15.0. The van der Waals surface area contributed by atoms with Crippen molar-refractivity contribution in [2.24, 2.45) is 0 Å². The van der Waals surface area contributed by atoms with Gasteiger partial charge in [-0.1, -0.05) is 37.3 Å². The zero-order valence-corrected chi connectivity index (χ0v) is 16.7. The number of pyridine rings is 1. The number of aromatic nitrogens is 3. The van der Waals surface area contributed by atoms with E-state index in [1.165, 1.54) is 0 Å². The lowest BCUT2D eigenvalue weighted by atomic mass is 9.98. The first kappa shape index (κ1) is 19.6. The average Bonchev–Trinajstić information content (AvgIpc) is 3.15. The van der Waals surface area contributed by atoms with Gasteiger partial charge in [0.05, 0.1) is 24.7 Å². The molecule has 4 rings (SSSR count). The van der Waals surface area contributed by atoms with E-state index in [2.05, 4.69) is 22.2 Å². The summed E-state index contributed by atoms with van der Waals surface area (Å²) in [7, 11) is 0. The zero-order chi connectivity index (χ0) is 20.9. The van der Waals surface area contributed by atoms with Crippen LogP contribution in [0.25, 0.3) is 10.9 Å². The zero-order valence-electron chi connectivity index (χ0n) is 16.7. The molecule has 1 unspecified atom stereocenters. The first-order chi connectivity index (χ1) is 14.6. The molecule has 2 aromatic carbocycles. The normalized spacial score (nSPS) is 12.0.